The summed E-state index contributed by atoms with van der Waals surface area (Å²) in [6, 6.07) is 13.5. The van der Waals surface area contributed by atoms with Crippen LogP contribution in [0, 0.1) is 13.8 Å². The first-order valence-electron chi connectivity index (χ1n) is 7.29. The van der Waals surface area contributed by atoms with Crippen molar-refractivity contribution in [3.05, 3.63) is 64.7 Å². The van der Waals surface area contributed by atoms with Gasteiger partial charge in [-0.15, -0.1) is 0 Å². The van der Waals surface area contributed by atoms with Crippen LogP contribution in [0.1, 0.15) is 27.0 Å². The van der Waals surface area contributed by atoms with Crippen LogP contribution in [0.25, 0.3) is 0 Å². The summed E-state index contributed by atoms with van der Waals surface area (Å²) < 4.78 is 4.74. The van der Waals surface area contributed by atoms with Crippen LogP contribution in [0.4, 0.5) is 5.69 Å². The highest BCUT2D eigenvalue weighted by molar-refractivity contribution is 7.80. The van der Waals surface area contributed by atoms with Crippen molar-refractivity contribution in [1.29, 1.82) is 0 Å². The van der Waals surface area contributed by atoms with Gasteiger partial charge in [-0.2, -0.15) is 0 Å². The van der Waals surface area contributed by atoms with Gasteiger partial charge in [0, 0.05) is 12.2 Å². The zero-order valence-corrected chi connectivity index (χ0v) is 14.3. The number of esters is 1. The summed E-state index contributed by atoms with van der Waals surface area (Å²) in [4.78, 5) is 11.6. The van der Waals surface area contributed by atoms with Gasteiger partial charge >= 0.3 is 5.97 Å². The second kappa shape index (κ2) is 7.74. The van der Waals surface area contributed by atoms with Gasteiger partial charge in [0.05, 0.1) is 12.7 Å². The van der Waals surface area contributed by atoms with E-state index < -0.39 is 0 Å². The van der Waals surface area contributed by atoms with E-state index in [4.69, 9.17) is 17.0 Å². The summed E-state index contributed by atoms with van der Waals surface area (Å²) >= 11 is 5.34. The molecule has 0 heterocycles. The Bertz CT molecular complexity index is 729. The molecule has 0 aliphatic carbocycles. The zero-order chi connectivity index (χ0) is 16.8. The molecule has 0 saturated heterocycles. The molecular formula is C18H20N2O2S. The summed E-state index contributed by atoms with van der Waals surface area (Å²) in [5.41, 5.74) is 4.68. The topological polar surface area (TPSA) is 50.4 Å². The van der Waals surface area contributed by atoms with Crippen molar-refractivity contribution in [3.8, 4) is 0 Å². The fourth-order valence-corrected chi connectivity index (χ4v) is 2.33. The molecule has 0 amide bonds. The van der Waals surface area contributed by atoms with E-state index in [9.17, 15) is 4.79 Å². The lowest BCUT2D eigenvalue weighted by Gasteiger charge is -2.14. The molecule has 23 heavy (non-hydrogen) atoms. The number of hydrogen-bond acceptors (Lipinski definition) is 3. The highest BCUT2D eigenvalue weighted by Crippen LogP contribution is 2.17. The Hall–Kier alpha value is -2.40. The van der Waals surface area contributed by atoms with Gasteiger partial charge in [0.2, 0.25) is 0 Å². The average molecular weight is 328 g/mol. The van der Waals surface area contributed by atoms with Crippen LogP contribution < -0.4 is 10.6 Å². The molecule has 5 heteroatoms. The third-order valence-corrected chi connectivity index (χ3v) is 3.85. The maximum absolute atomic E-state index is 11.6. The van der Waals surface area contributed by atoms with Crippen molar-refractivity contribution in [1.82, 2.24) is 5.32 Å². The molecule has 120 valence electrons. The Labute approximate surface area is 141 Å². The number of anilines is 1. The van der Waals surface area contributed by atoms with Crippen LogP contribution in [-0.2, 0) is 11.3 Å². The molecule has 4 nitrogen and oxygen atoms in total. The minimum Gasteiger partial charge on any atom is -0.465 e. The van der Waals surface area contributed by atoms with Crippen LogP contribution in [0.3, 0.4) is 0 Å². The molecule has 2 aromatic carbocycles. The fourth-order valence-electron chi connectivity index (χ4n) is 2.15. The van der Waals surface area contributed by atoms with E-state index in [1.54, 1.807) is 12.1 Å². The molecule has 0 saturated carbocycles. The molecule has 0 radical (unpaired) electrons. The average Bonchev–Trinajstić information content (AvgIpc) is 2.55. The van der Waals surface area contributed by atoms with Crippen molar-refractivity contribution < 1.29 is 9.53 Å². The van der Waals surface area contributed by atoms with Gasteiger partial charge in [-0.25, -0.2) is 4.79 Å². The van der Waals surface area contributed by atoms with Crippen molar-refractivity contribution >= 4 is 29.0 Å². The van der Waals surface area contributed by atoms with E-state index >= 15 is 0 Å². The summed E-state index contributed by atoms with van der Waals surface area (Å²) in [7, 11) is 1.36. The van der Waals surface area contributed by atoms with Crippen LogP contribution >= 0.6 is 12.2 Å². The molecule has 2 rings (SSSR count). The van der Waals surface area contributed by atoms with Crippen LogP contribution in [-0.4, -0.2) is 18.2 Å². The largest absolute Gasteiger partial charge is 0.465 e. The lowest BCUT2D eigenvalue weighted by molar-refractivity contribution is 0.0601. The molecule has 2 aromatic rings. The van der Waals surface area contributed by atoms with Gasteiger partial charge in [0.25, 0.3) is 0 Å². The van der Waals surface area contributed by atoms with Crippen molar-refractivity contribution in [3.63, 3.8) is 0 Å². The van der Waals surface area contributed by atoms with Gasteiger partial charge in [-0.05, 0) is 54.9 Å². The quantitative estimate of drug-likeness (QED) is 0.664. The number of nitrogens with one attached hydrogen (secondary N) is 2. The Morgan fingerprint density at radius 2 is 1.87 bits per heavy atom. The number of carbonyl (C=O) groups is 1. The Kier molecular flexibility index (Phi) is 5.71. The third kappa shape index (κ3) is 4.53. The highest BCUT2D eigenvalue weighted by atomic mass is 32.1. The zero-order valence-electron chi connectivity index (χ0n) is 13.5. The predicted octanol–water partition coefficient (Wildman–Crippen LogP) is 3.58. The molecule has 0 unspecified atom stereocenters. The highest BCUT2D eigenvalue weighted by Gasteiger charge is 2.09. The first-order valence-corrected chi connectivity index (χ1v) is 7.70. The minimum absolute atomic E-state index is 0.369. The summed E-state index contributed by atoms with van der Waals surface area (Å²) in [5.74, 6) is -0.369. The van der Waals surface area contributed by atoms with E-state index in [1.807, 2.05) is 25.1 Å². The maximum atomic E-state index is 11.6. The number of carbonyl (C=O) groups excluding carboxylic acids is 1. The van der Waals surface area contributed by atoms with E-state index in [-0.39, 0.29) is 5.97 Å². The summed E-state index contributed by atoms with van der Waals surface area (Å²) in [5, 5.41) is 6.83. The van der Waals surface area contributed by atoms with Gasteiger partial charge in [-0.3, -0.25) is 0 Å². The van der Waals surface area contributed by atoms with Gasteiger partial charge in [0.15, 0.2) is 5.11 Å². The second-order valence-electron chi connectivity index (χ2n) is 5.26. The van der Waals surface area contributed by atoms with E-state index in [1.165, 1.54) is 18.2 Å². The molecule has 0 aliphatic rings. The first kappa shape index (κ1) is 17.0. The lowest BCUT2D eigenvalue weighted by atomic mass is 10.1. The van der Waals surface area contributed by atoms with E-state index in [0.29, 0.717) is 17.2 Å². The number of ether oxygens (including phenoxy) is 1. The smallest absolute Gasteiger partial charge is 0.337 e. The maximum Gasteiger partial charge on any atom is 0.337 e. The predicted molar refractivity (Wildman–Crippen MR) is 96.8 cm³/mol. The van der Waals surface area contributed by atoms with Gasteiger partial charge in [-0.1, -0.05) is 30.3 Å². The van der Waals surface area contributed by atoms with Crippen LogP contribution in [0.15, 0.2) is 42.5 Å². The lowest BCUT2D eigenvalue weighted by Crippen LogP contribution is -2.28. The standard InChI is InChI=1S/C18H20N2O2S/c1-12-6-4-5-7-15(12)11-19-18(23)20-16-10-14(17(21)22-3)9-8-13(16)2/h4-10H,11H2,1-3H3,(H2,19,20,23). The molecule has 0 fully saturated rings. The Morgan fingerprint density at radius 3 is 2.57 bits per heavy atom. The second-order valence-corrected chi connectivity index (χ2v) is 5.66. The van der Waals surface area contributed by atoms with Crippen LogP contribution in [0.2, 0.25) is 0 Å². The Balaban J connectivity index is 2.02. The number of benzene rings is 2. The molecule has 0 bridgehead atoms. The first-order chi connectivity index (χ1) is 11.0. The van der Waals surface area contributed by atoms with Gasteiger partial charge < -0.3 is 15.4 Å². The SMILES string of the molecule is COC(=O)c1ccc(C)c(NC(=S)NCc2ccccc2C)c1. The molecule has 0 aromatic heterocycles. The molecular weight excluding hydrogens is 308 g/mol. The number of hydrogen-bond donors (Lipinski definition) is 2. The number of thiocarbonyl (C=S) groups is 1. The van der Waals surface area contributed by atoms with Crippen molar-refractivity contribution in [2.24, 2.45) is 0 Å². The van der Waals surface area contributed by atoms with E-state index in [2.05, 4.69) is 29.7 Å². The fraction of sp³-hybridized carbons (Fsp3) is 0.222. The number of methoxy groups -OCH3 is 1. The molecule has 0 aliphatic heterocycles. The van der Waals surface area contributed by atoms with Crippen molar-refractivity contribution in [2.75, 3.05) is 12.4 Å². The van der Waals surface area contributed by atoms with Crippen molar-refractivity contribution in [2.45, 2.75) is 20.4 Å². The molecule has 0 spiro atoms. The van der Waals surface area contributed by atoms with Gasteiger partial charge in [0.1, 0.15) is 0 Å². The summed E-state index contributed by atoms with van der Waals surface area (Å²) in [6.45, 7) is 4.67. The molecule has 2 N–H and O–H groups in total. The van der Waals surface area contributed by atoms with E-state index in [0.717, 1.165) is 11.3 Å². The molecule has 0 atom stereocenters. The Morgan fingerprint density at radius 1 is 1.13 bits per heavy atom. The third-order valence-electron chi connectivity index (χ3n) is 3.61. The minimum atomic E-state index is -0.369. The summed E-state index contributed by atoms with van der Waals surface area (Å²) in [6.07, 6.45) is 0. The number of aryl methyl sites for hydroxylation is 2. The number of rotatable bonds is 4. The monoisotopic (exact) mass is 328 g/mol. The normalized spacial score (nSPS) is 10.0. The van der Waals surface area contributed by atoms with Crippen LogP contribution in [0.5, 0.6) is 0 Å².